The van der Waals surface area contributed by atoms with E-state index < -0.39 is 10.0 Å². The molecule has 1 fully saturated rings. The van der Waals surface area contributed by atoms with E-state index >= 15 is 0 Å². The van der Waals surface area contributed by atoms with E-state index in [1.54, 1.807) is 24.4 Å². The average molecular weight is 370 g/mol. The van der Waals surface area contributed by atoms with Crippen LogP contribution in [-0.2, 0) is 19.6 Å². The van der Waals surface area contributed by atoms with Gasteiger partial charge >= 0.3 is 5.97 Å². The fraction of sp³-hybridized carbons (Fsp3) is 0.467. The number of nitrogens with zero attached hydrogens (tertiary/aromatic N) is 2. The third kappa shape index (κ3) is 3.38. The first-order chi connectivity index (χ1) is 11.5. The zero-order chi connectivity index (χ0) is 17.2. The van der Waals surface area contributed by atoms with Crippen LogP contribution >= 0.6 is 11.3 Å². The van der Waals surface area contributed by atoms with Gasteiger partial charge in [0, 0.05) is 30.1 Å². The molecular weight excluding hydrogens is 352 g/mol. The fourth-order valence-corrected chi connectivity index (χ4v) is 5.46. The summed E-state index contributed by atoms with van der Waals surface area (Å²) in [5.41, 5.74) is 0.692. The van der Waals surface area contributed by atoms with Crippen LogP contribution in [0, 0.1) is 5.92 Å². The van der Waals surface area contributed by atoms with E-state index in [4.69, 9.17) is 9.26 Å². The molecule has 0 saturated carbocycles. The van der Waals surface area contributed by atoms with Gasteiger partial charge in [0.2, 0.25) is 0 Å². The van der Waals surface area contributed by atoms with Gasteiger partial charge in [-0.1, -0.05) is 5.16 Å². The highest BCUT2D eigenvalue weighted by atomic mass is 32.2. The van der Waals surface area contributed by atoms with Crippen LogP contribution in [0.4, 0.5) is 0 Å². The molecule has 2 aromatic rings. The van der Waals surface area contributed by atoms with Gasteiger partial charge in [0.25, 0.3) is 10.0 Å². The van der Waals surface area contributed by atoms with E-state index in [1.165, 1.54) is 10.5 Å². The highest BCUT2D eigenvalue weighted by Gasteiger charge is 2.33. The predicted molar refractivity (Wildman–Crippen MR) is 87.9 cm³/mol. The predicted octanol–water partition coefficient (Wildman–Crippen LogP) is 2.37. The molecule has 1 aliphatic heterocycles. The molecule has 7 nitrogen and oxygen atoms in total. The van der Waals surface area contributed by atoms with Crippen LogP contribution in [0.25, 0.3) is 11.3 Å². The molecule has 3 heterocycles. The van der Waals surface area contributed by atoms with Crippen LogP contribution < -0.4 is 0 Å². The summed E-state index contributed by atoms with van der Waals surface area (Å²) in [7, 11) is -3.56. The summed E-state index contributed by atoms with van der Waals surface area (Å²) in [5, 5.41) is 5.36. The molecule has 0 amide bonds. The van der Waals surface area contributed by atoms with Gasteiger partial charge in [-0.2, -0.15) is 4.31 Å². The van der Waals surface area contributed by atoms with Gasteiger partial charge in [0.15, 0.2) is 5.76 Å². The van der Waals surface area contributed by atoms with Gasteiger partial charge in [-0.3, -0.25) is 4.79 Å². The second-order valence-corrected chi connectivity index (χ2v) is 8.54. The second kappa shape index (κ2) is 7.04. The zero-order valence-corrected chi connectivity index (χ0v) is 14.8. The number of ether oxygens (including phenoxy) is 1. The summed E-state index contributed by atoms with van der Waals surface area (Å²) < 4.78 is 37.3. The first-order valence-electron chi connectivity index (χ1n) is 7.68. The van der Waals surface area contributed by atoms with E-state index in [1.807, 2.05) is 0 Å². The summed E-state index contributed by atoms with van der Waals surface area (Å²) in [6.07, 6.45) is 2.48. The minimum Gasteiger partial charge on any atom is -0.466 e. The Hall–Kier alpha value is -1.71. The number of piperidine rings is 1. The Balaban J connectivity index is 1.70. The number of thiophene rings is 1. The molecule has 1 aliphatic rings. The van der Waals surface area contributed by atoms with Gasteiger partial charge < -0.3 is 9.26 Å². The van der Waals surface area contributed by atoms with Crippen molar-refractivity contribution < 1.29 is 22.5 Å². The number of carbonyl (C=O) groups is 1. The van der Waals surface area contributed by atoms with E-state index in [0.29, 0.717) is 43.9 Å². The van der Waals surface area contributed by atoms with Crippen molar-refractivity contribution >= 4 is 27.3 Å². The topological polar surface area (TPSA) is 89.7 Å². The van der Waals surface area contributed by atoms with Crippen LogP contribution in [0.5, 0.6) is 0 Å². The maximum absolute atomic E-state index is 12.7. The molecule has 2 aromatic heterocycles. The van der Waals surface area contributed by atoms with Gasteiger partial charge in [0.1, 0.15) is 4.21 Å². The molecule has 1 saturated heterocycles. The zero-order valence-electron chi connectivity index (χ0n) is 13.2. The Bertz CT molecular complexity index is 790. The monoisotopic (exact) mass is 370 g/mol. The van der Waals surface area contributed by atoms with Crippen molar-refractivity contribution in [3.05, 3.63) is 23.7 Å². The van der Waals surface area contributed by atoms with Crippen LogP contribution in [0.3, 0.4) is 0 Å². The Morgan fingerprint density at radius 1 is 1.46 bits per heavy atom. The maximum Gasteiger partial charge on any atom is 0.309 e. The van der Waals surface area contributed by atoms with E-state index in [0.717, 1.165) is 11.3 Å². The number of esters is 1. The number of hydrogen-bond acceptors (Lipinski definition) is 7. The first-order valence-corrected chi connectivity index (χ1v) is 10.0. The molecule has 0 radical (unpaired) electrons. The molecule has 0 N–H and O–H groups in total. The maximum atomic E-state index is 12.7. The number of aromatic nitrogens is 1. The Labute approximate surface area is 144 Å². The Morgan fingerprint density at radius 3 is 2.83 bits per heavy atom. The largest absolute Gasteiger partial charge is 0.466 e. The van der Waals surface area contributed by atoms with Crippen molar-refractivity contribution in [3.8, 4) is 11.3 Å². The Morgan fingerprint density at radius 2 is 2.21 bits per heavy atom. The third-order valence-corrected chi connectivity index (χ3v) is 7.28. The van der Waals surface area contributed by atoms with Crippen LogP contribution in [0.15, 0.2) is 32.4 Å². The van der Waals surface area contributed by atoms with Crippen molar-refractivity contribution in [3.63, 3.8) is 0 Å². The molecule has 0 unspecified atom stereocenters. The van der Waals surface area contributed by atoms with Crippen molar-refractivity contribution in [2.45, 2.75) is 24.0 Å². The molecule has 3 rings (SSSR count). The lowest BCUT2D eigenvalue weighted by molar-refractivity contribution is -0.149. The average Bonchev–Trinajstić information content (AvgIpc) is 3.26. The first kappa shape index (κ1) is 17.1. The number of rotatable bonds is 5. The van der Waals surface area contributed by atoms with E-state index in [9.17, 15) is 13.2 Å². The minimum absolute atomic E-state index is 0.218. The third-order valence-electron chi connectivity index (χ3n) is 3.97. The van der Waals surface area contributed by atoms with Crippen molar-refractivity contribution in [2.75, 3.05) is 19.7 Å². The van der Waals surface area contributed by atoms with E-state index in [2.05, 4.69) is 5.16 Å². The van der Waals surface area contributed by atoms with Crippen LogP contribution in [0.1, 0.15) is 19.8 Å². The Kier molecular flexibility index (Phi) is 5.02. The lowest BCUT2D eigenvalue weighted by Gasteiger charge is -2.29. The molecule has 130 valence electrons. The highest BCUT2D eigenvalue weighted by molar-refractivity contribution is 7.91. The molecule has 0 bridgehead atoms. The number of hydrogen-bond donors (Lipinski definition) is 0. The molecule has 9 heteroatoms. The summed E-state index contributed by atoms with van der Waals surface area (Å²) in [6.45, 7) is 2.75. The lowest BCUT2D eigenvalue weighted by atomic mass is 9.98. The normalized spacial score (nSPS) is 17.0. The van der Waals surface area contributed by atoms with Gasteiger partial charge in [-0.15, -0.1) is 11.3 Å². The van der Waals surface area contributed by atoms with E-state index in [-0.39, 0.29) is 16.1 Å². The van der Waals surface area contributed by atoms with Gasteiger partial charge in [-0.05, 0) is 25.8 Å². The summed E-state index contributed by atoms with van der Waals surface area (Å²) in [6, 6.07) is 3.28. The second-order valence-electron chi connectivity index (χ2n) is 5.46. The van der Waals surface area contributed by atoms with Crippen molar-refractivity contribution in [2.24, 2.45) is 5.92 Å². The smallest absolute Gasteiger partial charge is 0.309 e. The fourth-order valence-electron chi connectivity index (χ4n) is 2.66. The standard InChI is InChI=1S/C15H18N2O5S2/c1-2-21-15(18)11-4-7-17(8-5-11)24(19,20)14-9-12(10-23-14)13-3-6-16-22-13/h3,6,9-11H,2,4-5,7-8H2,1H3. The van der Waals surface area contributed by atoms with Crippen molar-refractivity contribution in [1.82, 2.24) is 9.46 Å². The SMILES string of the molecule is CCOC(=O)C1CCN(S(=O)(=O)c2cc(-c3ccno3)cs2)CC1. The molecule has 0 aromatic carbocycles. The summed E-state index contributed by atoms with van der Waals surface area (Å²) in [5.74, 6) is 0.0801. The molecule has 0 spiro atoms. The molecule has 0 atom stereocenters. The summed E-state index contributed by atoms with van der Waals surface area (Å²) in [4.78, 5) is 11.8. The van der Waals surface area contributed by atoms with Gasteiger partial charge in [0.05, 0.1) is 18.7 Å². The minimum atomic E-state index is -3.56. The highest BCUT2D eigenvalue weighted by Crippen LogP contribution is 2.32. The molecule has 0 aliphatic carbocycles. The summed E-state index contributed by atoms with van der Waals surface area (Å²) >= 11 is 1.15. The van der Waals surface area contributed by atoms with Crippen LogP contribution in [-0.4, -0.2) is 43.5 Å². The number of carbonyl (C=O) groups excluding carboxylic acids is 1. The lowest BCUT2D eigenvalue weighted by Crippen LogP contribution is -2.40. The molecule has 24 heavy (non-hydrogen) atoms. The van der Waals surface area contributed by atoms with Crippen LogP contribution in [0.2, 0.25) is 0 Å². The quantitative estimate of drug-likeness (QED) is 0.751. The van der Waals surface area contributed by atoms with Crippen molar-refractivity contribution in [1.29, 1.82) is 0 Å². The van der Waals surface area contributed by atoms with Gasteiger partial charge in [-0.25, -0.2) is 8.42 Å². The molecular formula is C15H18N2O5S2. The number of sulfonamides is 1.